The van der Waals surface area contributed by atoms with E-state index in [1.54, 1.807) is 12.1 Å². The minimum Gasteiger partial charge on any atom is -0.324 e. The molecule has 0 aliphatic carbocycles. The molecule has 4 aromatic rings. The van der Waals surface area contributed by atoms with Crippen molar-refractivity contribution in [2.24, 2.45) is 0 Å². The molecule has 1 aliphatic heterocycles. The van der Waals surface area contributed by atoms with E-state index in [2.05, 4.69) is 5.32 Å². The zero-order chi connectivity index (χ0) is 23.9. The summed E-state index contributed by atoms with van der Waals surface area (Å²) in [7, 11) is -3.93. The molecule has 34 heavy (non-hydrogen) atoms. The second-order valence-electron chi connectivity index (χ2n) is 8.86. The first kappa shape index (κ1) is 22.3. The number of amides is 1. The average molecular weight is 471 g/mol. The van der Waals surface area contributed by atoms with Gasteiger partial charge in [0.25, 0.3) is 0 Å². The molecular weight excluding hydrogens is 444 g/mol. The molecule has 1 atom stereocenters. The third-order valence-electron chi connectivity index (χ3n) is 6.48. The molecule has 0 radical (unpaired) electrons. The van der Waals surface area contributed by atoms with E-state index in [9.17, 15) is 13.2 Å². The van der Waals surface area contributed by atoms with Crippen LogP contribution < -0.4 is 5.32 Å². The second kappa shape index (κ2) is 8.70. The Morgan fingerprint density at radius 1 is 0.853 bits per heavy atom. The highest BCUT2D eigenvalue weighted by Gasteiger charge is 2.39. The number of aryl methyl sites for hydroxylation is 2. The SMILES string of the molecule is Cc1ccc(NC(=O)C2Cc3ccccc3CN2S(=O)(=O)c2ccc3ccccc3c2)c(C)c1. The van der Waals surface area contributed by atoms with Gasteiger partial charge in [0.2, 0.25) is 15.9 Å². The summed E-state index contributed by atoms with van der Waals surface area (Å²) in [5.41, 5.74) is 4.64. The normalized spacial score (nSPS) is 16.2. The van der Waals surface area contributed by atoms with Crippen molar-refractivity contribution in [3.05, 3.63) is 107 Å². The van der Waals surface area contributed by atoms with Crippen LogP contribution in [0, 0.1) is 13.8 Å². The van der Waals surface area contributed by atoms with Crippen molar-refractivity contribution < 1.29 is 13.2 Å². The van der Waals surface area contributed by atoms with E-state index in [0.29, 0.717) is 12.1 Å². The van der Waals surface area contributed by atoms with Crippen LogP contribution in [0.2, 0.25) is 0 Å². The number of carbonyl (C=O) groups is 1. The zero-order valence-corrected chi connectivity index (χ0v) is 20.0. The van der Waals surface area contributed by atoms with Crippen LogP contribution >= 0.6 is 0 Å². The van der Waals surface area contributed by atoms with Crippen LogP contribution in [0.4, 0.5) is 5.69 Å². The lowest BCUT2D eigenvalue weighted by Gasteiger charge is -2.35. The summed E-state index contributed by atoms with van der Waals surface area (Å²) in [4.78, 5) is 13.7. The number of hydrogen-bond donors (Lipinski definition) is 1. The Morgan fingerprint density at radius 2 is 1.56 bits per heavy atom. The van der Waals surface area contributed by atoms with Gasteiger partial charge in [-0.3, -0.25) is 4.79 Å². The van der Waals surface area contributed by atoms with Crippen molar-refractivity contribution in [1.29, 1.82) is 0 Å². The van der Waals surface area contributed by atoms with Crippen molar-refractivity contribution >= 4 is 32.4 Å². The number of carbonyl (C=O) groups excluding carboxylic acids is 1. The summed E-state index contributed by atoms with van der Waals surface area (Å²) in [5, 5.41) is 4.79. The third-order valence-corrected chi connectivity index (χ3v) is 8.33. The largest absolute Gasteiger partial charge is 0.324 e. The Hall–Kier alpha value is -3.48. The summed E-state index contributed by atoms with van der Waals surface area (Å²) in [6, 6.07) is 25.4. The van der Waals surface area contributed by atoms with Crippen molar-refractivity contribution in [2.75, 3.05) is 5.32 Å². The number of nitrogens with zero attached hydrogens (tertiary/aromatic N) is 1. The maximum atomic E-state index is 13.9. The molecular formula is C28H26N2O3S. The number of rotatable bonds is 4. The Bertz CT molecular complexity index is 1510. The number of nitrogens with one attached hydrogen (secondary N) is 1. The molecule has 0 saturated carbocycles. The van der Waals surface area contributed by atoms with Crippen LogP contribution in [-0.2, 0) is 27.8 Å². The number of fused-ring (bicyclic) bond motifs is 2. The summed E-state index contributed by atoms with van der Waals surface area (Å²) in [6.45, 7) is 4.08. The third kappa shape index (κ3) is 4.11. The van der Waals surface area contributed by atoms with E-state index in [1.165, 1.54) is 4.31 Å². The summed E-state index contributed by atoms with van der Waals surface area (Å²) in [6.07, 6.45) is 0.319. The van der Waals surface area contributed by atoms with Gasteiger partial charge in [0.05, 0.1) is 4.90 Å². The molecule has 172 valence electrons. The Kier molecular flexibility index (Phi) is 5.71. The van der Waals surface area contributed by atoms with Crippen molar-refractivity contribution in [3.8, 4) is 0 Å². The molecule has 1 aliphatic rings. The smallest absolute Gasteiger partial charge is 0.244 e. The first-order chi connectivity index (χ1) is 16.3. The van der Waals surface area contributed by atoms with E-state index in [-0.39, 0.29) is 17.3 Å². The first-order valence-corrected chi connectivity index (χ1v) is 12.7. The zero-order valence-electron chi connectivity index (χ0n) is 19.2. The van der Waals surface area contributed by atoms with Crippen molar-refractivity contribution in [3.63, 3.8) is 0 Å². The summed E-state index contributed by atoms with van der Waals surface area (Å²) >= 11 is 0. The van der Waals surface area contributed by atoms with E-state index < -0.39 is 16.1 Å². The molecule has 0 fully saturated rings. The molecule has 1 heterocycles. The predicted molar refractivity (Wildman–Crippen MR) is 135 cm³/mol. The van der Waals surface area contributed by atoms with Crippen LogP contribution in [0.1, 0.15) is 22.3 Å². The van der Waals surface area contributed by atoms with Gasteiger partial charge in [0.1, 0.15) is 6.04 Å². The van der Waals surface area contributed by atoms with Crippen molar-refractivity contribution in [1.82, 2.24) is 4.31 Å². The van der Waals surface area contributed by atoms with Crippen LogP contribution in [-0.4, -0.2) is 24.7 Å². The lowest BCUT2D eigenvalue weighted by Crippen LogP contribution is -2.50. The number of benzene rings is 4. The van der Waals surface area contributed by atoms with Gasteiger partial charge in [-0.15, -0.1) is 0 Å². The van der Waals surface area contributed by atoms with Crippen LogP contribution in [0.25, 0.3) is 10.8 Å². The summed E-state index contributed by atoms with van der Waals surface area (Å²) in [5.74, 6) is -0.328. The maximum Gasteiger partial charge on any atom is 0.244 e. The van der Waals surface area contributed by atoms with E-state index in [1.807, 2.05) is 86.6 Å². The van der Waals surface area contributed by atoms with E-state index in [4.69, 9.17) is 0 Å². The lowest BCUT2D eigenvalue weighted by atomic mass is 9.95. The highest BCUT2D eigenvalue weighted by atomic mass is 32.2. The lowest BCUT2D eigenvalue weighted by molar-refractivity contribution is -0.120. The minimum absolute atomic E-state index is 0.149. The van der Waals surface area contributed by atoms with Gasteiger partial charge in [0.15, 0.2) is 0 Å². The van der Waals surface area contributed by atoms with E-state index >= 15 is 0 Å². The van der Waals surface area contributed by atoms with Crippen molar-refractivity contribution in [2.45, 2.75) is 37.8 Å². The molecule has 5 rings (SSSR count). The molecule has 0 spiro atoms. The Morgan fingerprint density at radius 3 is 2.32 bits per heavy atom. The minimum atomic E-state index is -3.93. The first-order valence-electron chi connectivity index (χ1n) is 11.3. The molecule has 0 aromatic heterocycles. The van der Waals surface area contributed by atoms with Gasteiger partial charge >= 0.3 is 0 Å². The molecule has 4 aromatic carbocycles. The molecule has 1 N–H and O–H groups in total. The summed E-state index contributed by atoms with van der Waals surface area (Å²) < 4.78 is 29.1. The topological polar surface area (TPSA) is 66.5 Å². The fourth-order valence-corrected chi connectivity index (χ4v) is 6.21. The number of hydrogen-bond acceptors (Lipinski definition) is 3. The maximum absolute atomic E-state index is 13.9. The monoisotopic (exact) mass is 470 g/mol. The highest BCUT2D eigenvalue weighted by molar-refractivity contribution is 7.89. The van der Waals surface area contributed by atoms with Gasteiger partial charge in [-0.05, 0) is 65.9 Å². The van der Waals surface area contributed by atoms with Gasteiger partial charge in [-0.2, -0.15) is 4.31 Å². The number of sulfonamides is 1. The van der Waals surface area contributed by atoms with Gasteiger partial charge in [-0.1, -0.05) is 72.3 Å². The second-order valence-corrected chi connectivity index (χ2v) is 10.7. The van der Waals surface area contributed by atoms with Gasteiger partial charge in [0, 0.05) is 12.2 Å². The standard InChI is InChI=1S/C28H26N2O3S/c1-19-11-14-26(20(2)15-19)29-28(31)27-17-23-9-5-6-10-24(23)18-30(27)34(32,33)25-13-12-21-7-3-4-8-22(21)16-25/h3-16,27H,17-18H2,1-2H3,(H,29,31). The molecule has 6 heteroatoms. The van der Waals surface area contributed by atoms with Gasteiger partial charge < -0.3 is 5.32 Å². The highest BCUT2D eigenvalue weighted by Crippen LogP contribution is 2.31. The average Bonchev–Trinajstić information content (AvgIpc) is 2.84. The quantitative estimate of drug-likeness (QED) is 0.445. The Labute approximate surface area is 200 Å². The molecule has 1 amide bonds. The molecule has 5 nitrogen and oxygen atoms in total. The number of anilines is 1. The fraction of sp³-hybridized carbons (Fsp3) is 0.179. The van der Waals surface area contributed by atoms with Gasteiger partial charge in [-0.25, -0.2) is 8.42 Å². The fourth-order valence-electron chi connectivity index (χ4n) is 4.61. The molecule has 1 unspecified atom stereocenters. The Balaban J connectivity index is 1.54. The van der Waals surface area contributed by atoms with Crippen LogP contribution in [0.5, 0.6) is 0 Å². The molecule has 0 saturated heterocycles. The van der Waals surface area contributed by atoms with Crippen LogP contribution in [0.15, 0.2) is 89.8 Å². The predicted octanol–water partition coefficient (Wildman–Crippen LogP) is 5.21. The van der Waals surface area contributed by atoms with E-state index in [0.717, 1.165) is 33.0 Å². The van der Waals surface area contributed by atoms with Crippen LogP contribution in [0.3, 0.4) is 0 Å². The molecule has 0 bridgehead atoms.